The van der Waals surface area contributed by atoms with E-state index in [1.54, 1.807) is 21.9 Å². The minimum Gasteiger partial charge on any atom is -0.448 e. The SMILES string of the molecule is O=C(OCC1c2ccccc2-c2ccccc21)N1CCC(c2ccc(N(Cc3ccc([N+](=O)[O-])cc3)C(=O)OCC3c4ccccc4-c4ccccc43)cc2)C1. The Morgan fingerprint density at radius 3 is 1.62 bits per heavy atom. The fourth-order valence-electron chi connectivity index (χ4n) is 8.65. The van der Waals surface area contributed by atoms with Crippen molar-refractivity contribution in [3.05, 3.63) is 189 Å². The molecule has 1 fully saturated rings. The number of non-ortho nitro benzene ring substituents is 1. The molecule has 1 unspecified atom stereocenters. The van der Waals surface area contributed by atoms with E-state index in [-0.39, 0.29) is 49.3 Å². The van der Waals surface area contributed by atoms with Crippen LogP contribution in [0, 0.1) is 10.1 Å². The Kier molecular flexibility index (Phi) is 9.27. The zero-order valence-electron chi connectivity index (χ0n) is 30.6. The van der Waals surface area contributed by atoms with Crippen LogP contribution >= 0.6 is 0 Å². The highest BCUT2D eigenvalue weighted by molar-refractivity contribution is 5.88. The molecule has 6 aromatic rings. The molecule has 0 radical (unpaired) electrons. The van der Waals surface area contributed by atoms with Crippen molar-refractivity contribution in [3.8, 4) is 22.3 Å². The first-order valence-electron chi connectivity index (χ1n) is 19.0. The van der Waals surface area contributed by atoms with Gasteiger partial charge in [0.2, 0.25) is 0 Å². The first-order valence-corrected chi connectivity index (χ1v) is 19.0. The zero-order chi connectivity index (χ0) is 38.2. The number of rotatable bonds is 9. The predicted octanol–water partition coefficient (Wildman–Crippen LogP) is 10.3. The van der Waals surface area contributed by atoms with Gasteiger partial charge in [0.25, 0.3) is 5.69 Å². The Morgan fingerprint density at radius 1 is 0.643 bits per heavy atom. The predicted molar refractivity (Wildman–Crippen MR) is 215 cm³/mol. The maximum Gasteiger partial charge on any atom is 0.414 e. The number of likely N-dealkylation sites (tertiary alicyclic amines) is 1. The van der Waals surface area contributed by atoms with Gasteiger partial charge in [-0.15, -0.1) is 0 Å². The number of nitrogens with zero attached hydrogens (tertiary/aromatic N) is 3. The largest absolute Gasteiger partial charge is 0.448 e. The number of benzene rings is 6. The third-order valence-electron chi connectivity index (χ3n) is 11.5. The Hall–Kier alpha value is -6.74. The molecular formula is C47H39N3O6. The monoisotopic (exact) mass is 741 g/mol. The van der Waals surface area contributed by atoms with Crippen molar-refractivity contribution in [1.82, 2.24) is 4.90 Å². The molecule has 0 bridgehead atoms. The second-order valence-corrected chi connectivity index (χ2v) is 14.6. The molecule has 1 heterocycles. The van der Waals surface area contributed by atoms with Gasteiger partial charge in [-0.1, -0.05) is 121 Å². The summed E-state index contributed by atoms with van der Waals surface area (Å²) in [6.07, 6.45) is -0.0293. The standard InChI is InChI=1S/C47H39N3O6/c51-46(55-29-44-40-13-5-1-9-36(40)37-10-2-6-14-41(37)44)48-26-25-33(28-48)32-19-23-34(24-20-32)49(27-31-17-21-35(22-18-31)50(53)54)47(52)56-30-45-42-15-7-3-11-38(42)39-12-4-8-16-43(39)45/h1-24,33,44-45H,25-30H2. The Morgan fingerprint density at radius 2 is 1.12 bits per heavy atom. The van der Waals surface area contributed by atoms with Gasteiger partial charge in [-0.3, -0.25) is 15.0 Å². The van der Waals surface area contributed by atoms with E-state index in [0.717, 1.165) is 39.8 Å². The van der Waals surface area contributed by atoms with Crippen molar-refractivity contribution in [1.29, 1.82) is 0 Å². The van der Waals surface area contributed by atoms with E-state index in [0.29, 0.717) is 18.8 Å². The van der Waals surface area contributed by atoms with Crippen LogP contribution in [0.1, 0.15) is 57.6 Å². The van der Waals surface area contributed by atoms with E-state index in [1.165, 1.54) is 34.4 Å². The van der Waals surface area contributed by atoms with Crippen molar-refractivity contribution in [3.63, 3.8) is 0 Å². The van der Waals surface area contributed by atoms with Crippen molar-refractivity contribution >= 4 is 23.6 Å². The third kappa shape index (κ3) is 6.55. The van der Waals surface area contributed by atoms with E-state index < -0.39 is 11.0 Å². The molecule has 1 atom stereocenters. The van der Waals surface area contributed by atoms with Crippen LogP contribution in [0.4, 0.5) is 21.0 Å². The normalized spacial score (nSPS) is 15.4. The maximum atomic E-state index is 14.0. The molecule has 56 heavy (non-hydrogen) atoms. The van der Waals surface area contributed by atoms with Gasteiger partial charge in [-0.05, 0) is 74.2 Å². The average molecular weight is 742 g/mol. The molecule has 0 aromatic heterocycles. The lowest BCUT2D eigenvalue weighted by molar-refractivity contribution is -0.384. The van der Waals surface area contributed by atoms with Gasteiger partial charge in [0.15, 0.2) is 0 Å². The summed E-state index contributed by atoms with van der Waals surface area (Å²) >= 11 is 0. The van der Waals surface area contributed by atoms with Gasteiger partial charge in [0, 0.05) is 48.7 Å². The summed E-state index contributed by atoms with van der Waals surface area (Å²) < 4.78 is 12.0. The second kappa shape index (κ2) is 14.8. The van der Waals surface area contributed by atoms with Gasteiger partial charge in [0.1, 0.15) is 13.2 Å². The lowest BCUT2D eigenvalue weighted by atomic mass is 9.98. The summed E-state index contributed by atoms with van der Waals surface area (Å²) in [6, 6.07) is 47.0. The molecule has 2 aliphatic carbocycles. The van der Waals surface area contributed by atoms with Crippen molar-refractivity contribution in [2.75, 3.05) is 31.2 Å². The van der Waals surface area contributed by atoms with Gasteiger partial charge < -0.3 is 14.4 Å². The number of carbonyl (C=O) groups is 2. The summed E-state index contributed by atoms with van der Waals surface area (Å²) in [5.74, 6) is 0.0153. The molecule has 6 aromatic carbocycles. The fraction of sp³-hybridized carbons (Fsp3) is 0.191. The minimum absolute atomic E-state index is 0.00252. The first kappa shape index (κ1) is 35.0. The Labute approximate surface area is 324 Å². The van der Waals surface area contributed by atoms with E-state index in [2.05, 4.69) is 48.5 Å². The summed E-state index contributed by atoms with van der Waals surface area (Å²) in [5, 5.41) is 11.3. The molecule has 1 saturated heterocycles. The topological polar surface area (TPSA) is 102 Å². The third-order valence-corrected chi connectivity index (χ3v) is 11.5. The Bertz CT molecular complexity index is 2360. The highest BCUT2D eigenvalue weighted by Gasteiger charge is 2.33. The van der Waals surface area contributed by atoms with Crippen LogP contribution in [0.3, 0.4) is 0 Å². The molecule has 2 amide bonds. The number of ether oxygens (including phenoxy) is 2. The number of fused-ring (bicyclic) bond motifs is 6. The lowest BCUT2D eigenvalue weighted by Crippen LogP contribution is -2.32. The second-order valence-electron chi connectivity index (χ2n) is 14.6. The molecule has 9 nitrogen and oxygen atoms in total. The lowest BCUT2D eigenvalue weighted by Gasteiger charge is -2.24. The molecular weight excluding hydrogens is 703 g/mol. The summed E-state index contributed by atoms with van der Waals surface area (Å²) in [4.78, 5) is 41.6. The van der Waals surface area contributed by atoms with E-state index in [9.17, 15) is 19.7 Å². The van der Waals surface area contributed by atoms with Crippen LogP contribution in [-0.4, -0.2) is 48.3 Å². The van der Waals surface area contributed by atoms with Crippen LogP contribution in [0.25, 0.3) is 22.3 Å². The van der Waals surface area contributed by atoms with E-state index in [4.69, 9.17) is 9.47 Å². The number of nitro groups is 1. The number of nitro benzene ring substituents is 1. The molecule has 9 rings (SSSR count). The maximum absolute atomic E-state index is 14.0. The van der Waals surface area contributed by atoms with Crippen LogP contribution < -0.4 is 4.90 Å². The van der Waals surface area contributed by atoms with Crippen LogP contribution in [-0.2, 0) is 16.0 Å². The van der Waals surface area contributed by atoms with E-state index in [1.807, 2.05) is 72.8 Å². The van der Waals surface area contributed by atoms with Crippen LogP contribution in [0.5, 0.6) is 0 Å². The fourth-order valence-corrected chi connectivity index (χ4v) is 8.65. The number of hydrogen-bond donors (Lipinski definition) is 0. The van der Waals surface area contributed by atoms with Crippen molar-refractivity contribution in [2.24, 2.45) is 0 Å². The summed E-state index contributed by atoms with van der Waals surface area (Å²) in [7, 11) is 0. The quantitative estimate of drug-likeness (QED) is 0.108. The van der Waals surface area contributed by atoms with Gasteiger partial charge >= 0.3 is 12.2 Å². The number of carbonyl (C=O) groups excluding carboxylic acids is 2. The van der Waals surface area contributed by atoms with Gasteiger partial charge in [-0.2, -0.15) is 0 Å². The molecule has 1 aliphatic heterocycles. The number of hydrogen-bond acceptors (Lipinski definition) is 6. The molecule has 3 aliphatic rings. The highest BCUT2D eigenvalue weighted by atomic mass is 16.6. The molecule has 9 heteroatoms. The zero-order valence-corrected chi connectivity index (χ0v) is 30.6. The average Bonchev–Trinajstić information content (AvgIpc) is 3.95. The summed E-state index contributed by atoms with van der Waals surface area (Å²) in [6.45, 7) is 1.73. The minimum atomic E-state index is -0.514. The molecule has 0 N–H and O–H groups in total. The van der Waals surface area contributed by atoms with Gasteiger partial charge in [0.05, 0.1) is 11.5 Å². The van der Waals surface area contributed by atoms with E-state index >= 15 is 0 Å². The summed E-state index contributed by atoms with van der Waals surface area (Å²) in [5.41, 5.74) is 11.7. The molecule has 0 saturated carbocycles. The first-order chi connectivity index (χ1) is 27.4. The smallest absolute Gasteiger partial charge is 0.414 e. The van der Waals surface area contributed by atoms with Crippen LogP contribution in [0.15, 0.2) is 146 Å². The molecule has 0 spiro atoms. The number of amides is 2. The van der Waals surface area contributed by atoms with Crippen LogP contribution in [0.2, 0.25) is 0 Å². The Balaban J connectivity index is 0.883. The van der Waals surface area contributed by atoms with Crippen molar-refractivity contribution in [2.45, 2.75) is 30.7 Å². The molecule has 278 valence electrons. The van der Waals surface area contributed by atoms with Crippen molar-refractivity contribution < 1.29 is 24.0 Å². The number of anilines is 1. The highest BCUT2D eigenvalue weighted by Crippen LogP contribution is 2.46. The van der Waals surface area contributed by atoms with Gasteiger partial charge in [-0.25, -0.2) is 9.59 Å².